The second-order valence-corrected chi connectivity index (χ2v) is 25.3. The van der Waals surface area contributed by atoms with E-state index in [4.69, 9.17) is 4.74 Å². The van der Waals surface area contributed by atoms with Gasteiger partial charge in [-0.05, 0) is 85.5 Å². The van der Waals surface area contributed by atoms with Crippen LogP contribution in [0.2, 0.25) is 0 Å². The number of ether oxygens (including phenoxy) is 1. The van der Waals surface area contributed by atoms with Gasteiger partial charge in [-0.1, -0.05) is 161 Å². The summed E-state index contributed by atoms with van der Waals surface area (Å²) in [4.78, 5) is 142. The maximum Gasteiger partial charge on any atom is 0.332 e. The smallest absolute Gasteiger partial charge is 0.332 e. The van der Waals surface area contributed by atoms with Gasteiger partial charge in [0.25, 0.3) is 5.91 Å². The number of hydrogen-bond donors (Lipinski definition) is 4. The average molecular weight is 1180 g/mol. The molecular formula is C66H96N8O11. The van der Waals surface area contributed by atoms with Gasteiger partial charge in [0.05, 0.1) is 5.60 Å². The third-order valence-corrected chi connectivity index (χ3v) is 17.0. The van der Waals surface area contributed by atoms with E-state index in [0.29, 0.717) is 30.4 Å². The second-order valence-electron chi connectivity index (χ2n) is 25.3. The van der Waals surface area contributed by atoms with Gasteiger partial charge < -0.3 is 50.3 Å². The van der Waals surface area contributed by atoms with Gasteiger partial charge in [-0.3, -0.25) is 38.4 Å². The van der Waals surface area contributed by atoms with E-state index in [2.05, 4.69) is 16.0 Å². The van der Waals surface area contributed by atoms with Gasteiger partial charge in [0, 0.05) is 53.5 Å². The number of benzene rings is 3. The predicted molar refractivity (Wildman–Crippen MR) is 327 cm³/mol. The van der Waals surface area contributed by atoms with Crippen LogP contribution in [0.25, 0.3) is 11.1 Å². The Morgan fingerprint density at radius 3 is 1.62 bits per heavy atom. The number of aliphatic hydroxyl groups is 1. The van der Waals surface area contributed by atoms with Crippen LogP contribution in [0.5, 0.6) is 0 Å². The summed E-state index contributed by atoms with van der Waals surface area (Å²) in [6, 6.07) is 16.2. The quantitative estimate of drug-likeness (QED) is 0.136. The molecule has 8 amide bonds. The molecule has 0 spiro atoms. The Morgan fingerprint density at radius 2 is 1.08 bits per heavy atom. The molecule has 4 N–H and O–H groups in total. The Morgan fingerprint density at radius 1 is 0.565 bits per heavy atom. The minimum Gasteiger partial charge on any atom is -0.450 e. The fourth-order valence-electron chi connectivity index (χ4n) is 11.9. The molecule has 2 aliphatic heterocycles. The molecule has 5 rings (SSSR count). The summed E-state index contributed by atoms with van der Waals surface area (Å²) >= 11 is 0. The summed E-state index contributed by atoms with van der Waals surface area (Å²) in [6.45, 7) is 20.7. The SMILES string of the molecule is CC[C@H](C)[C@@H]1NC(=O)[C@@H]2CCCN2C(=O)[C@H](Cc2cccc(-c3ccccc3)c2)N(C)C(=O)[C@H](Cc2ccccc2)NC(=O)[C@H](C(C)C)N(C)C(=O)[C@@H]([C@@H](C)CC)OC(=O)[C@H](C(C)(C)O)N(C)C(=O)[C@H](CC(C)C)NC(=O)[C@H](C(C)C)N(C)C1=O. The zero-order valence-corrected chi connectivity index (χ0v) is 53.1. The van der Waals surface area contributed by atoms with Crippen LogP contribution in [0, 0.1) is 29.6 Å². The van der Waals surface area contributed by atoms with Gasteiger partial charge in [0.15, 0.2) is 12.1 Å². The highest BCUT2D eigenvalue weighted by Crippen LogP contribution is 2.29. The molecule has 3 aromatic rings. The molecule has 2 heterocycles. The van der Waals surface area contributed by atoms with Crippen LogP contribution in [0.1, 0.15) is 126 Å². The molecule has 19 heteroatoms. The standard InChI is InChI=1S/C66H96N8O11/c1-17-42(9)52-63(81)71(14)53(40(5)6)58(76)67-48(35-39(3)4)61(79)73(16)56(66(11,12)84)65(83)85-55(43(10)18-2)64(82)72(15)54(41(7)8)59(77)68-49(37-44-27-21-19-22-28-44)60(78)70(13)51(62(80)74-34-26-33-50(74)57(75)69-52)38-45-29-25-32-47(36-45)46-30-23-20-24-31-46/h19-25,27-32,36,39-43,48-56,84H,17-18,26,33-35,37-38H2,1-16H3,(H,67,76)(H,68,77)(H,69,75)/t42-,43-,48-,49-,50-,51-,52-,53-,54-,55+,56+/m0/s1. The van der Waals surface area contributed by atoms with Crippen LogP contribution < -0.4 is 16.0 Å². The molecule has 2 fully saturated rings. The van der Waals surface area contributed by atoms with Crippen LogP contribution in [0.15, 0.2) is 84.9 Å². The Hall–Kier alpha value is -7.15. The number of nitrogens with zero attached hydrogens (tertiary/aromatic N) is 5. The number of hydrogen-bond acceptors (Lipinski definition) is 11. The predicted octanol–water partition coefficient (Wildman–Crippen LogP) is 6.04. The third-order valence-electron chi connectivity index (χ3n) is 17.0. The summed E-state index contributed by atoms with van der Waals surface area (Å²) in [5.74, 6) is -8.77. The molecule has 466 valence electrons. The fraction of sp³-hybridized carbons (Fsp3) is 0.591. The van der Waals surface area contributed by atoms with Crippen LogP contribution >= 0.6 is 0 Å². The van der Waals surface area contributed by atoms with Crippen molar-refractivity contribution in [3.05, 3.63) is 96.1 Å². The van der Waals surface area contributed by atoms with E-state index in [1.54, 1.807) is 53.7 Å². The number of fused-ring (bicyclic) bond motifs is 1. The Balaban J connectivity index is 1.73. The van der Waals surface area contributed by atoms with Crippen molar-refractivity contribution in [3.8, 4) is 11.1 Å². The van der Waals surface area contributed by atoms with Gasteiger partial charge in [0.2, 0.25) is 41.4 Å². The zero-order valence-electron chi connectivity index (χ0n) is 53.1. The number of amides is 8. The molecule has 0 saturated carbocycles. The number of nitrogens with one attached hydrogen (secondary N) is 3. The summed E-state index contributed by atoms with van der Waals surface area (Å²) in [5.41, 5.74) is 1.22. The summed E-state index contributed by atoms with van der Waals surface area (Å²) in [7, 11) is 5.69. The molecule has 0 unspecified atom stereocenters. The molecule has 3 aromatic carbocycles. The van der Waals surface area contributed by atoms with Crippen molar-refractivity contribution in [3.63, 3.8) is 0 Å². The lowest BCUT2D eigenvalue weighted by atomic mass is 9.93. The minimum atomic E-state index is -1.98. The van der Waals surface area contributed by atoms with E-state index in [9.17, 15) is 29.1 Å². The molecule has 19 nitrogen and oxygen atoms in total. The molecule has 2 saturated heterocycles. The first-order valence-corrected chi connectivity index (χ1v) is 30.3. The largest absolute Gasteiger partial charge is 0.450 e. The lowest BCUT2D eigenvalue weighted by molar-refractivity contribution is -0.177. The molecule has 0 aliphatic carbocycles. The number of cyclic esters (lactones) is 1. The van der Waals surface area contributed by atoms with Gasteiger partial charge in [0.1, 0.15) is 42.3 Å². The van der Waals surface area contributed by atoms with E-state index in [1.165, 1.54) is 61.6 Å². The molecule has 0 aromatic heterocycles. The molecular weight excluding hydrogens is 1080 g/mol. The van der Waals surface area contributed by atoms with Crippen molar-refractivity contribution in [1.29, 1.82) is 0 Å². The third kappa shape index (κ3) is 17.1. The first-order chi connectivity index (χ1) is 39.9. The normalized spacial score (nSPS) is 25.4. The van der Waals surface area contributed by atoms with Crippen molar-refractivity contribution >= 4 is 53.2 Å². The molecule has 0 bridgehead atoms. The van der Waals surface area contributed by atoms with E-state index in [1.807, 2.05) is 100 Å². The fourth-order valence-corrected chi connectivity index (χ4v) is 11.9. The number of esters is 1. The highest BCUT2D eigenvalue weighted by molar-refractivity contribution is 5.99. The van der Waals surface area contributed by atoms with E-state index < -0.39 is 137 Å². The van der Waals surface area contributed by atoms with Gasteiger partial charge in [-0.15, -0.1) is 0 Å². The summed E-state index contributed by atoms with van der Waals surface area (Å²) in [6.07, 6.45) is -0.0203. The molecule has 11 atom stereocenters. The van der Waals surface area contributed by atoms with Gasteiger partial charge in [-0.2, -0.15) is 0 Å². The Bertz CT molecular complexity index is 2800. The Kier molecular flexibility index (Phi) is 24.4. The van der Waals surface area contributed by atoms with Crippen LogP contribution in [0.4, 0.5) is 0 Å². The van der Waals surface area contributed by atoms with Crippen molar-refractivity contribution in [2.45, 2.75) is 188 Å². The number of rotatable bonds is 14. The molecule has 85 heavy (non-hydrogen) atoms. The van der Waals surface area contributed by atoms with E-state index >= 15 is 19.2 Å². The van der Waals surface area contributed by atoms with Crippen molar-refractivity contribution in [1.82, 2.24) is 40.4 Å². The van der Waals surface area contributed by atoms with E-state index in [0.717, 1.165) is 16.0 Å². The monoisotopic (exact) mass is 1180 g/mol. The topological polar surface area (TPSA) is 235 Å². The average Bonchev–Trinajstić information content (AvgIpc) is 2.75. The van der Waals surface area contributed by atoms with Crippen LogP contribution in [-0.4, -0.2) is 178 Å². The van der Waals surface area contributed by atoms with Gasteiger partial charge in [-0.25, -0.2) is 4.79 Å². The summed E-state index contributed by atoms with van der Waals surface area (Å²) < 4.78 is 6.13. The Labute approximate surface area is 504 Å². The maximum atomic E-state index is 15.6. The molecule has 0 radical (unpaired) electrons. The zero-order chi connectivity index (χ0) is 63.4. The number of carbonyl (C=O) groups excluding carboxylic acids is 9. The van der Waals surface area contributed by atoms with Crippen molar-refractivity contribution < 1.29 is 53.0 Å². The van der Waals surface area contributed by atoms with Gasteiger partial charge >= 0.3 is 5.97 Å². The number of carbonyl (C=O) groups is 9. The van der Waals surface area contributed by atoms with Crippen LogP contribution in [0.3, 0.4) is 0 Å². The van der Waals surface area contributed by atoms with E-state index in [-0.39, 0.29) is 38.1 Å². The first-order valence-electron chi connectivity index (χ1n) is 30.3. The summed E-state index contributed by atoms with van der Waals surface area (Å²) in [5, 5.41) is 20.6. The maximum absolute atomic E-state index is 15.6. The first kappa shape index (κ1) is 68.6. The molecule has 2 aliphatic rings. The lowest BCUT2D eigenvalue weighted by Crippen LogP contribution is -2.63. The second kappa shape index (κ2) is 30.3. The van der Waals surface area contributed by atoms with Crippen molar-refractivity contribution in [2.75, 3.05) is 34.7 Å². The highest BCUT2D eigenvalue weighted by Gasteiger charge is 2.48. The lowest BCUT2D eigenvalue weighted by Gasteiger charge is -2.39. The minimum absolute atomic E-state index is 0.00529. The highest BCUT2D eigenvalue weighted by atomic mass is 16.6. The number of likely N-dealkylation sites (N-methyl/N-ethyl adjacent to an activating group) is 4. The van der Waals surface area contributed by atoms with Crippen LogP contribution in [-0.2, 0) is 60.7 Å². The van der Waals surface area contributed by atoms with Crippen molar-refractivity contribution in [2.24, 2.45) is 29.6 Å².